The fraction of sp³-hybridized carbons (Fsp3) is 0.333. The fourth-order valence-corrected chi connectivity index (χ4v) is 3.59. The zero-order chi connectivity index (χ0) is 13.9. The van der Waals surface area contributed by atoms with Crippen molar-refractivity contribution in [3.05, 3.63) is 59.2 Å². The highest BCUT2D eigenvalue weighted by molar-refractivity contribution is 9.08. The standard InChI is InChI=1S/C18H20BrN/c1-14-12-17(10-9-16(14)13-19)20-11-5-4-7-15-6-2-3-8-18(15)20/h2-3,6,8-10,12H,4-5,7,11,13H2,1H3. The summed E-state index contributed by atoms with van der Waals surface area (Å²) in [7, 11) is 0. The van der Waals surface area contributed by atoms with E-state index in [1.54, 1.807) is 0 Å². The molecule has 0 unspecified atom stereocenters. The van der Waals surface area contributed by atoms with E-state index in [0.29, 0.717) is 0 Å². The Kier molecular flexibility index (Phi) is 4.11. The Morgan fingerprint density at radius 3 is 2.75 bits per heavy atom. The topological polar surface area (TPSA) is 3.24 Å². The second-order valence-corrected chi connectivity index (χ2v) is 6.04. The molecule has 0 aromatic heterocycles. The fourth-order valence-electron chi connectivity index (χ4n) is 2.96. The second kappa shape index (κ2) is 6.01. The number of nitrogens with zero attached hydrogens (tertiary/aromatic N) is 1. The lowest BCUT2D eigenvalue weighted by atomic mass is 10.1. The largest absolute Gasteiger partial charge is 0.341 e. The maximum atomic E-state index is 3.55. The normalized spacial score (nSPS) is 14.8. The Hall–Kier alpha value is -1.28. The number of alkyl halides is 1. The van der Waals surface area contributed by atoms with Gasteiger partial charge in [0.1, 0.15) is 0 Å². The van der Waals surface area contributed by atoms with E-state index in [2.05, 4.69) is 70.2 Å². The molecule has 104 valence electrons. The summed E-state index contributed by atoms with van der Waals surface area (Å²) >= 11 is 3.55. The summed E-state index contributed by atoms with van der Waals surface area (Å²) in [6, 6.07) is 15.7. The van der Waals surface area contributed by atoms with Crippen LogP contribution in [0.25, 0.3) is 0 Å². The van der Waals surface area contributed by atoms with Crippen LogP contribution in [0.2, 0.25) is 0 Å². The smallest absolute Gasteiger partial charge is 0.0443 e. The van der Waals surface area contributed by atoms with Gasteiger partial charge < -0.3 is 4.90 Å². The minimum atomic E-state index is 0.926. The van der Waals surface area contributed by atoms with Gasteiger partial charge in [-0.2, -0.15) is 0 Å². The molecule has 0 amide bonds. The molecule has 1 aliphatic rings. The maximum absolute atomic E-state index is 3.55. The van der Waals surface area contributed by atoms with Gasteiger partial charge in [0.25, 0.3) is 0 Å². The third kappa shape index (κ3) is 2.62. The number of fused-ring (bicyclic) bond motifs is 1. The molecule has 0 radical (unpaired) electrons. The van der Waals surface area contributed by atoms with Gasteiger partial charge in [0.2, 0.25) is 0 Å². The molecule has 0 saturated heterocycles. The average molecular weight is 330 g/mol. The molecule has 0 N–H and O–H groups in total. The van der Waals surface area contributed by atoms with Gasteiger partial charge in [-0.15, -0.1) is 0 Å². The third-order valence-corrected chi connectivity index (χ3v) is 4.75. The van der Waals surface area contributed by atoms with Crippen molar-refractivity contribution < 1.29 is 0 Å². The number of hydrogen-bond acceptors (Lipinski definition) is 1. The minimum absolute atomic E-state index is 0.926. The van der Waals surface area contributed by atoms with Crippen LogP contribution < -0.4 is 4.90 Å². The highest BCUT2D eigenvalue weighted by Gasteiger charge is 2.16. The minimum Gasteiger partial charge on any atom is -0.341 e. The second-order valence-electron chi connectivity index (χ2n) is 5.48. The molecule has 0 saturated carbocycles. The zero-order valence-corrected chi connectivity index (χ0v) is 13.5. The predicted molar refractivity (Wildman–Crippen MR) is 90.2 cm³/mol. The molecule has 2 aromatic carbocycles. The molecule has 1 aliphatic heterocycles. The van der Waals surface area contributed by atoms with E-state index in [0.717, 1.165) is 11.9 Å². The summed E-state index contributed by atoms with van der Waals surface area (Å²) in [4.78, 5) is 2.48. The van der Waals surface area contributed by atoms with Crippen LogP contribution in [-0.2, 0) is 11.8 Å². The molecular formula is C18H20BrN. The maximum Gasteiger partial charge on any atom is 0.0443 e. The van der Waals surface area contributed by atoms with Gasteiger partial charge in [0.15, 0.2) is 0 Å². The molecule has 0 atom stereocenters. The molecule has 0 fully saturated rings. The molecule has 0 spiro atoms. The quantitative estimate of drug-likeness (QED) is 0.670. The van der Waals surface area contributed by atoms with Crippen LogP contribution in [0.3, 0.4) is 0 Å². The van der Waals surface area contributed by atoms with E-state index in [1.807, 2.05) is 0 Å². The Morgan fingerprint density at radius 2 is 1.95 bits per heavy atom. The van der Waals surface area contributed by atoms with Crippen LogP contribution in [0.5, 0.6) is 0 Å². The van der Waals surface area contributed by atoms with Crippen molar-refractivity contribution in [2.45, 2.75) is 31.5 Å². The molecule has 0 bridgehead atoms. The zero-order valence-electron chi connectivity index (χ0n) is 11.9. The van der Waals surface area contributed by atoms with Crippen LogP contribution in [0.1, 0.15) is 29.5 Å². The molecule has 20 heavy (non-hydrogen) atoms. The Labute approximate surface area is 129 Å². The van der Waals surface area contributed by atoms with E-state index < -0.39 is 0 Å². The Bertz CT molecular complexity index is 606. The van der Waals surface area contributed by atoms with Crippen molar-refractivity contribution >= 4 is 27.3 Å². The van der Waals surface area contributed by atoms with Gasteiger partial charge in [0, 0.05) is 23.2 Å². The molecule has 2 heteroatoms. The van der Waals surface area contributed by atoms with Crippen molar-refractivity contribution in [3.63, 3.8) is 0 Å². The van der Waals surface area contributed by atoms with Gasteiger partial charge >= 0.3 is 0 Å². The summed E-state index contributed by atoms with van der Waals surface area (Å²) in [6.07, 6.45) is 3.74. The lowest BCUT2D eigenvalue weighted by Gasteiger charge is -2.26. The van der Waals surface area contributed by atoms with Crippen LogP contribution >= 0.6 is 15.9 Å². The van der Waals surface area contributed by atoms with E-state index in [9.17, 15) is 0 Å². The summed E-state index contributed by atoms with van der Waals surface area (Å²) in [5.41, 5.74) is 6.92. The number of hydrogen-bond donors (Lipinski definition) is 0. The van der Waals surface area contributed by atoms with Crippen molar-refractivity contribution in [2.75, 3.05) is 11.4 Å². The number of rotatable bonds is 2. The number of para-hydroxylation sites is 1. The van der Waals surface area contributed by atoms with E-state index in [-0.39, 0.29) is 0 Å². The van der Waals surface area contributed by atoms with Gasteiger partial charge in [-0.3, -0.25) is 0 Å². The van der Waals surface area contributed by atoms with E-state index >= 15 is 0 Å². The van der Waals surface area contributed by atoms with Gasteiger partial charge in [0.05, 0.1) is 0 Å². The van der Waals surface area contributed by atoms with Crippen LogP contribution in [0, 0.1) is 6.92 Å². The summed E-state index contributed by atoms with van der Waals surface area (Å²) < 4.78 is 0. The molecule has 1 heterocycles. The molecule has 0 aliphatic carbocycles. The molecule has 1 nitrogen and oxygen atoms in total. The monoisotopic (exact) mass is 329 g/mol. The Morgan fingerprint density at radius 1 is 1.10 bits per heavy atom. The first-order valence-corrected chi connectivity index (χ1v) is 8.42. The summed E-state index contributed by atoms with van der Waals surface area (Å²) in [6.45, 7) is 3.31. The summed E-state index contributed by atoms with van der Waals surface area (Å²) in [5.74, 6) is 0. The first kappa shape index (κ1) is 13.7. The first-order chi connectivity index (χ1) is 9.79. The molecule has 2 aromatic rings. The highest BCUT2D eigenvalue weighted by Crippen LogP contribution is 2.33. The van der Waals surface area contributed by atoms with Gasteiger partial charge in [-0.1, -0.05) is 40.2 Å². The van der Waals surface area contributed by atoms with E-state index in [1.165, 1.54) is 47.3 Å². The van der Waals surface area contributed by atoms with E-state index in [4.69, 9.17) is 0 Å². The van der Waals surface area contributed by atoms with Crippen LogP contribution in [0.4, 0.5) is 11.4 Å². The van der Waals surface area contributed by atoms with Crippen molar-refractivity contribution in [3.8, 4) is 0 Å². The SMILES string of the molecule is Cc1cc(N2CCCCc3ccccc32)ccc1CBr. The Balaban J connectivity index is 2.03. The lowest BCUT2D eigenvalue weighted by molar-refractivity contribution is 0.761. The van der Waals surface area contributed by atoms with Crippen molar-refractivity contribution in [1.82, 2.24) is 0 Å². The third-order valence-electron chi connectivity index (χ3n) is 4.14. The number of anilines is 2. The van der Waals surface area contributed by atoms with Crippen molar-refractivity contribution in [2.24, 2.45) is 0 Å². The highest BCUT2D eigenvalue weighted by atomic mass is 79.9. The predicted octanol–water partition coefficient (Wildman–Crippen LogP) is 5.36. The van der Waals surface area contributed by atoms with Crippen LogP contribution in [0.15, 0.2) is 42.5 Å². The first-order valence-electron chi connectivity index (χ1n) is 7.30. The summed E-state index contributed by atoms with van der Waals surface area (Å²) in [5, 5.41) is 0.926. The van der Waals surface area contributed by atoms with Gasteiger partial charge in [-0.25, -0.2) is 0 Å². The van der Waals surface area contributed by atoms with Crippen LogP contribution in [-0.4, -0.2) is 6.54 Å². The van der Waals surface area contributed by atoms with Crippen molar-refractivity contribution in [1.29, 1.82) is 0 Å². The average Bonchev–Trinajstić information content (AvgIpc) is 2.69. The van der Waals surface area contributed by atoms with Gasteiger partial charge in [-0.05, 0) is 61.1 Å². The number of halogens is 1. The lowest BCUT2D eigenvalue weighted by Crippen LogP contribution is -2.18. The molecule has 3 rings (SSSR count). The number of aryl methyl sites for hydroxylation is 2. The molecular weight excluding hydrogens is 310 g/mol. The number of benzene rings is 2.